The lowest BCUT2D eigenvalue weighted by Crippen LogP contribution is -2.48. The van der Waals surface area contributed by atoms with Gasteiger partial charge in [-0.05, 0) is 61.4 Å². The molecule has 3 aromatic rings. The average molecular weight is 505 g/mol. The first kappa shape index (κ1) is 25.8. The van der Waals surface area contributed by atoms with Crippen molar-refractivity contribution in [2.24, 2.45) is 0 Å². The number of piperazine rings is 1. The Balaban J connectivity index is 1.36. The fourth-order valence-electron chi connectivity index (χ4n) is 4.21. The van der Waals surface area contributed by atoms with E-state index in [1.54, 1.807) is 0 Å². The second kappa shape index (κ2) is 12.6. The van der Waals surface area contributed by atoms with Gasteiger partial charge in [-0.1, -0.05) is 54.1 Å². The van der Waals surface area contributed by atoms with Gasteiger partial charge >= 0.3 is 0 Å². The maximum Gasteiger partial charge on any atom is 0.253 e. The number of halogens is 1. The second-order valence-electron chi connectivity index (χ2n) is 8.86. The van der Waals surface area contributed by atoms with Crippen molar-refractivity contribution >= 4 is 23.6 Å². The third-order valence-electron chi connectivity index (χ3n) is 6.26. The number of benzene rings is 3. The Hall–Kier alpha value is -3.28. The van der Waals surface area contributed by atoms with Crippen LogP contribution in [0.5, 0.6) is 11.5 Å². The second-order valence-corrected chi connectivity index (χ2v) is 9.27. The lowest BCUT2D eigenvalue weighted by Gasteiger charge is -2.34. The normalized spacial score (nSPS) is 14.2. The van der Waals surface area contributed by atoms with Crippen LogP contribution in [0.3, 0.4) is 0 Å². The third kappa shape index (κ3) is 6.90. The molecule has 0 N–H and O–H groups in total. The highest BCUT2D eigenvalue weighted by Crippen LogP contribution is 2.26. The maximum atomic E-state index is 13.3. The van der Waals surface area contributed by atoms with E-state index in [1.165, 1.54) is 5.56 Å². The molecule has 1 aliphatic rings. The van der Waals surface area contributed by atoms with E-state index < -0.39 is 0 Å². The fraction of sp³-hybridized carbons (Fsp3) is 0.300. The van der Waals surface area contributed by atoms with Crippen LogP contribution in [0, 0.1) is 6.92 Å². The number of nitrogens with zero attached hydrogens (tertiary/aromatic N) is 2. The van der Waals surface area contributed by atoms with Gasteiger partial charge < -0.3 is 14.4 Å². The molecule has 188 valence electrons. The van der Waals surface area contributed by atoms with Gasteiger partial charge in [-0.3, -0.25) is 9.69 Å². The molecular weight excluding hydrogens is 472 g/mol. The van der Waals surface area contributed by atoms with Crippen LogP contribution in [0.15, 0.2) is 72.8 Å². The zero-order valence-corrected chi connectivity index (χ0v) is 21.7. The predicted octanol–water partition coefficient (Wildman–Crippen LogP) is 6.10. The maximum absolute atomic E-state index is 13.3. The minimum absolute atomic E-state index is 0.0427. The molecule has 0 atom stereocenters. The lowest BCUT2D eigenvalue weighted by atomic mass is 10.1. The quantitative estimate of drug-likeness (QED) is 0.353. The SMILES string of the molecule is CCOc1ccc(C(=O)N2CCN(C/C=C/c3ccccc3)CC2)cc1COc1ccc(Cl)c(C)c1. The van der Waals surface area contributed by atoms with Crippen LogP contribution < -0.4 is 9.47 Å². The van der Waals surface area contributed by atoms with E-state index in [1.807, 2.05) is 73.3 Å². The summed E-state index contributed by atoms with van der Waals surface area (Å²) in [5.74, 6) is 1.50. The van der Waals surface area contributed by atoms with Crippen molar-refractivity contribution < 1.29 is 14.3 Å². The molecule has 0 aliphatic carbocycles. The summed E-state index contributed by atoms with van der Waals surface area (Å²) in [5, 5.41) is 0.706. The molecule has 0 aromatic heterocycles. The van der Waals surface area contributed by atoms with Crippen LogP contribution >= 0.6 is 11.6 Å². The Labute approximate surface area is 218 Å². The van der Waals surface area contributed by atoms with Crippen LogP contribution in [0.25, 0.3) is 6.08 Å². The molecule has 1 saturated heterocycles. The molecule has 0 spiro atoms. The summed E-state index contributed by atoms with van der Waals surface area (Å²) in [6.45, 7) is 8.75. The summed E-state index contributed by atoms with van der Waals surface area (Å²) < 4.78 is 11.8. The largest absolute Gasteiger partial charge is 0.493 e. The zero-order chi connectivity index (χ0) is 25.3. The highest BCUT2D eigenvalue weighted by atomic mass is 35.5. The molecule has 0 unspecified atom stereocenters. The molecule has 1 fully saturated rings. The van der Waals surface area contributed by atoms with Gasteiger partial charge in [0.2, 0.25) is 0 Å². The minimum atomic E-state index is 0.0427. The molecule has 3 aromatic carbocycles. The molecule has 1 aliphatic heterocycles. The standard InChI is InChI=1S/C30H33ClN2O3/c1-3-35-29-14-11-25(21-26(29)22-36-27-12-13-28(31)23(2)20-27)30(34)33-18-16-32(17-19-33)15-7-10-24-8-5-4-6-9-24/h4-14,20-21H,3,15-19,22H2,1-2H3/b10-7+. The van der Waals surface area contributed by atoms with Crippen molar-refractivity contribution in [1.82, 2.24) is 9.80 Å². The van der Waals surface area contributed by atoms with Gasteiger partial charge in [0.1, 0.15) is 18.1 Å². The first-order valence-corrected chi connectivity index (χ1v) is 12.8. The van der Waals surface area contributed by atoms with Gasteiger partial charge in [-0.15, -0.1) is 0 Å². The van der Waals surface area contributed by atoms with E-state index in [4.69, 9.17) is 21.1 Å². The minimum Gasteiger partial charge on any atom is -0.493 e. The van der Waals surface area contributed by atoms with E-state index >= 15 is 0 Å². The molecule has 1 heterocycles. The fourth-order valence-corrected chi connectivity index (χ4v) is 4.33. The predicted molar refractivity (Wildman–Crippen MR) is 146 cm³/mol. The number of rotatable bonds is 9. The summed E-state index contributed by atoms with van der Waals surface area (Å²) in [5.41, 5.74) is 3.66. The Morgan fingerprint density at radius 2 is 1.75 bits per heavy atom. The molecule has 36 heavy (non-hydrogen) atoms. The van der Waals surface area contributed by atoms with Crippen LogP contribution in [0.1, 0.15) is 34.0 Å². The Kier molecular flexibility index (Phi) is 9.04. The van der Waals surface area contributed by atoms with Crippen molar-refractivity contribution in [3.05, 3.63) is 100 Å². The van der Waals surface area contributed by atoms with Gasteiger partial charge in [-0.2, -0.15) is 0 Å². The van der Waals surface area contributed by atoms with Crippen LogP contribution in [0.2, 0.25) is 5.02 Å². The zero-order valence-electron chi connectivity index (χ0n) is 21.0. The highest BCUT2D eigenvalue weighted by molar-refractivity contribution is 6.31. The van der Waals surface area contributed by atoms with Gasteiger partial charge in [0, 0.05) is 48.9 Å². The molecule has 0 radical (unpaired) electrons. The molecule has 6 heteroatoms. The van der Waals surface area contributed by atoms with Gasteiger partial charge in [0.05, 0.1) is 6.61 Å². The molecule has 0 bridgehead atoms. The van der Waals surface area contributed by atoms with Gasteiger partial charge in [0.25, 0.3) is 5.91 Å². The van der Waals surface area contributed by atoms with Crippen molar-refractivity contribution in [3.63, 3.8) is 0 Å². The van der Waals surface area contributed by atoms with Crippen LogP contribution in [0.4, 0.5) is 0 Å². The first-order valence-electron chi connectivity index (χ1n) is 12.4. The number of hydrogen-bond acceptors (Lipinski definition) is 4. The molecule has 5 nitrogen and oxygen atoms in total. The molecule has 4 rings (SSSR count). The van der Waals surface area contributed by atoms with E-state index in [9.17, 15) is 4.79 Å². The number of aryl methyl sites for hydroxylation is 1. The summed E-state index contributed by atoms with van der Waals surface area (Å²) in [6.07, 6.45) is 4.33. The van der Waals surface area contributed by atoms with Crippen molar-refractivity contribution in [2.45, 2.75) is 20.5 Å². The van der Waals surface area contributed by atoms with E-state index in [0.717, 1.165) is 42.3 Å². The number of hydrogen-bond donors (Lipinski definition) is 0. The molecular formula is C30H33ClN2O3. The van der Waals surface area contributed by atoms with Crippen LogP contribution in [-0.4, -0.2) is 55.0 Å². The monoisotopic (exact) mass is 504 g/mol. The van der Waals surface area contributed by atoms with E-state index in [-0.39, 0.29) is 5.91 Å². The molecule has 0 saturated carbocycles. The number of ether oxygens (including phenoxy) is 2. The van der Waals surface area contributed by atoms with E-state index in [0.29, 0.717) is 36.9 Å². The average Bonchev–Trinajstić information content (AvgIpc) is 2.91. The Bertz CT molecular complexity index is 1190. The smallest absolute Gasteiger partial charge is 0.253 e. The summed E-state index contributed by atoms with van der Waals surface area (Å²) in [6, 6.07) is 21.5. The summed E-state index contributed by atoms with van der Waals surface area (Å²) in [7, 11) is 0. The van der Waals surface area contributed by atoms with Gasteiger partial charge in [0.15, 0.2) is 0 Å². The summed E-state index contributed by atoms with van der Waals surface area (Å²) >= 11 is 6.13. The molecule has 1 amide bonds. The van der Waals surface area contributed by atoms with Crippen molar-refractivity contribution in [1.29, 1.82) is 0 Å². The lowest BCUT2D eigenvalue weighted by molar-refractivity contribution is 0.0650. The number of carbonyl (C=O) groups is 1. The Morgan fingerprint density at radius 3 is 2.47 bits per heavy atom. The number of amides is 1. The van der Waals surface area contributed by atoms with E-state index in [2.05, 4.69) is 29.2 Å². The summed E-state index contributed by atoms with van der Waals surface area (Å²) in [4.78, 5) is 17.6. The third-order valence-corrected chi connectivity index (χ3v) is 6.69. The van der Waals surface area contributed by atoms with Gasteiger partial charge in [-0.25, -0.2) is 0 Å². The van der Waals surface area contributed by atoms with Crippen molar-refractivity contribution in [2.75, 3.05) is 39.3 Å². The number of carbonyl (C=O) groups excluding carboxylic acids is 1. The van der Waals surface area contributed by atoms with Crippen molar-refractivity contribution in [3.8, 4) is 11.5 Å². The Morgan fingerprint density at radius 1 is 0.972 bits per heavy atom. The highest BCUT2D eigenvalue weighted by Gasteiger charge is 2.22. The van der Waals surface area contributed by atoms with Crippen LogP contribution in [-0.2, 0) is 6.61 Å². The topological polar surface area (TPSA) is 42.0 Å². The first-order chi connectivity index (χ1) is 17.5.